The molecule has 0 rings (SSSR count). The van der Waals surface area contributed by atoms with Crippen LogP contribution in [0, 0.1) is 5.92 Å². The average Bonchev–Trinajstić information content (AvgIpc) is 2.66. The molecule has 0 heterocycles. The predicted octanol–water partition coefficient (Wildman–Crippen LogP) is 1.61. The Hall–Kier alpha value is -3.05. The Morgan fingerprint density at radius 3 is 1.66 bits per heavy atom. The molecule has 0 fully saturated rings. The number of nitrogens with one attached hydrogen (secondary N) is 4. The highest BCUT2D eigenvalue weighted by Gasteiger charge is 2.30. The predicted molar refractivity (Wildman–Crippen MR) is 128 cm³/mol. The summed E-state index contributed by atoms with van der Waals surface area (Å²) in [7, 11) is 1.20. The Bertz CT molecular complexity index is 756. The number of methoxy groups -OCH3 is 1. The van der Waals surface area contributed by atoms with E-state index in [4.69, 9.17) is 14.2 Å². The lowest BCUT2D eigenvalue weighted by molar-refractivity contribution is -0.145. The topological polar surface area (TPSA) is 161 Å². The Balaban J connectivity index is 5.48. The van der Waals surface area contributed by atoms with Crippen LogP contribution in [0.1, 0.15) is 68.7 Å². The molecule has 12 heteroatoms. The van der Waals surface area contributed by atoms with Gasteiger partial charge < -0.3 is 35.5 Å². The number of alkyl carbamates (subject to hydrolysis) is 2. The van der Waals surface area contributed by atoms with Gasteiger partial charge in [0, 0.05) is 0 Å². The molecule has 0 saturated heterocycles. The molecule has 0 aromatic rings. The van der Waals surface area contributed by atoms with Crippen LogP contribution in [0.15, 0.2) is 0 Å². The summed E-state index contributed by atoms with van der Waals surface area (Å²) in [6.45, 7) is 14.9. The van der Waals surface area contributed by atoms with Crippen LogP contribution in [-0.2, 0) is 28.6 Å². The fourth-order valence-corrected chi connectivity index (χ4v) is 2.66. The van der Waals surface area contributed by atoms with Crippen LogP contribution in [0.25, 0.3) is 0 Å². The number of hydrogen-bond donors (Lipinski definition) is 4. The van der Waals surface area contributed by atoms with E-state index >= 15 is 0 Å². The molecule has 0 aliphatic carbocycles. The molecular formula is C23H42N4O8. The number of ether oxygens (including phenoxy) is 3. The van der Waals surface area contributed by atoms with Crippen molar-refractivity contribution in [1.29, 1.82) is 0 Å². The van der Waals surface area contributed by atoms with Gasteiger partial charge in [0.2, 0.25) is 11.8 Å². The van der Waals surface area contributed by atoms with E-state index in [0.29, 0.717) is 6.42 Å². The largest absolute Gasteiger partial charge is 0.467 e. The molecule has 4 amide bonds. The van der Waals surface area contributed by atoms with Crippen LogP contribution in [0.3, 0.4) is 0 Å². The fraction of sp³-hybridized carbons (Fsp3) is 0.783. The summed E-state index contributed by atoms with van der Waals surface area (Å²) in [5, 5.41) is 9.84. The lowest BCUT2D eigenvalue weighted by Crippen LogP contribution is -2.58. The third-order valence-electron chi connectivity index (χ3n) is 4.12. The molecule has 35 heavy (non-hydrogen) atoms. The highest BCUT2D eigenvalue weighted by molar-refractivity contribution is 5.93. The van der Waals surface area contributed by atoms with Crippen molar-refractivity contribution in [1.82, 2.24) is 21.3 Å². The molecule has 0 aliphatic rings. The molecule has 4 N–H and O–H groups in total. The van der Waals surface area contributed by atoms with E-state index in [-0.39, 0.29) is 12.5 Å². The summed E-state index contributed by atoms with van der Waals surface area (Å²) in [6, 6.07) is -3.29. The van der Waals surface area contributed by atoms with E-state index < -0.39 is 59.3 Å². The van der Waals surface area contributed by atoms with Crippen LogP contribution in [-0.4, -0.2) is 73.0 Å². The first-order chi connectivity index (χ1) is 15.8. The highest BCUT2D eigenvalue weighted by atomic mass is 16.6. The van der Waals surface area contributed by atoms with Crippen molar-refractivity contribution in [2.24, 2.45) is 5.92 Å². The quantitative estimate of drug-likeness (QED) is 0.259. The molecule has 0 aliphatic heterocycles. The summed E-state index contributed by atoms with van der Waals surface area (Å²) in [5.74, 6) is -2.02. The van der Waals surface area contributed by atoms with Gasteiger partial charge in [-0.15, -0.1) is 0 Å². The van der Waals surface area contributed by atoms with E-state index in [1.54, 1.807) is 41.5 Å². The molecule has 0 aromatic carbocycles. The third-order valence-corrected chi connectivity index (χ3v) is 4.12. The number of carbonyl (C=O) groups is 5. The SMILES string of the molecule is COC(=O)[C@H](CC(C)C)NC(=O)[C@H](CNC(=O)OC(C)(C)C)NC(=O)[C@H](C)NC(=O)OC(C)(C)C. The number of esters is 1. The first-order valence-corrected chi connectivity index (χ1v) is 11.5. The zero-order valence-corrected chi connectivity index (χ0v) is 22.5. The zero-order valence-electron chi connectivity index (χ0n) is 22.5. The highest BCUT2D eigenvalue weighted by Crippen LogP contribution is 2.09. The van der Waals surface area contributed by atoms with Gasteiger partial charge in [0.05, 0.1) is 13.7 Å². The van der Waals surface area contributed by atoms with Gasteiger partial charge in [-0.2, -0.15) is 0 Å². The van der Waals surface area contributed by atoms with Gasteiger partial charge >= 0.3 is 18.2 Å². The summed E-state index contributed by atoms with van der Waals surface area (Å²) < 4.78 is 15.1. The lowest BCUT2D eigenvalue weighted by atomic mass is 10.0. The number of hydrogen-bond acceptors (Lipinski definition) is 8. The van der Waals surface area contributed by atoms with Crippen LogP contribution in [0.4, 0.5) is 9.59 Å². The summed E-state index contributed by atoms with van der Waals surface area (Å²) >= 11 is 0. The van der Waals surface area contributed by atoms with Crippen molar-refractivity contribution in [3.8, 4) is 0 Å². The Kier molecular flexibility index (Phi) is 12.5. The van der Waals surface area contributed by atoms with Gasteiger partial charge in [0.15, 0.2) is 0 Å². The number of rotatable bonds is 10. The van der Waals surface area contributed by atoms with Gasteiger partial charge in [-0.05, 0) is 60.8 Å². The molecule has 0 spiro atoms. The second-order valence-corrected chi connectivity index (χ2v) is 10.5. The first kappa shape index (κ1) is 31.9. The lowest BCUT2D eigenvalue weighted by Gasteiger charge is -2.26. The minimum atomic E-state index is -1.28. The van der Waals surface area contributed by atoms with Crippen LogP contribution < -0.4 is 21.3 Å². The van der Waals surface area contributed by atoms with Crippen molar-refractivity contribution < 1.29 is 38.2 Å². The van der Waals surface area contributed by atoms with Crippen molar-refractivity contribution in [3.05, 3.63) is 0 Å². The van der Waals surface area contributed by atoms with Gasteiger partial charge in [0.1, 0.15) is 29.3 Å². The minimum absolute atomic E-state index is 0.0605. The van der Waals surface area contributed by atoms with Gasteiger partial charge in [0.25, 0.3) is 0 Å². The summed E-state index contributed by atoms with van der Waals surface area (Å²) in [6.07, 6.45) is -1.30. The van der Waals surface area contributed by atoms with E-state index in [2.05, 4.69) is 21.3 Å². The van der Waals surface area contributed by atoms with Gasteiger partial charge in [-0.25, -0.2) is 14.4 Å². The maximum absolute atomic E-state index is 13.0. The van der Waals surface area contributed by atoms with E-state index in [1.165, 1.54) is 14.0 Å². The smallest absolute Gasteiger partial charge is 0.408 e. The normalized spacial score (nSPS) is 14.1. The van der Waals surface area contributed by atoms with Crippen molar-refractivity contribution in [2.75, 3.05) is 13.7 Å². The maximum atomic E-state index is 13.0. The van der Waals surface area contributed by atoms with Gasteiger partial charge in [-0.1, -0.05) is 13.8 Å². The summed E-state index contributed by atoms with van der Waals surface area (Å²) in [5.41, 5.74) is -1.54. The van der Waals surface area contributed by atoms with E-state index in [1.807, 2.05) is 13.8 Å². The van der Waals surface area contributed by atoms with Crippen LogP contribution in [0.5, 0.6) is 0 Å². The Labute approximate surface area is 207 Å². The average molecular weight is 503 g/mol. The van der Waals surface area contributed by atoms with E-state index in [0.717, 1.165) is 0 Å². The molecule has 0 radical (unpaired) electrons. The van der Waals surface area contributed by atoms with Crippen LogP contribution in [0.2, 0.25) is 0 Å². The maximum Gasteiger partial charge on any atom is 0.408 e. The van der Waals surface area contributed by atoms with Crippen molar-refractivity contribution >= 4 is 30.0 Å². The molecular weight excluding hydrogens is 460 g/mol. The number of amides is 4. The molecule has 3 atom stereocenters. The summed E-state index contributed by atoms with van der Waals surface area (Å²) in [4.78, 5) is 61.9. The molecule has 0 saturated carbocycles. The van der Waals surface area contributed by atoms with Crippen molar-refractivity contribution in [2.45, 2.75) is 98.1 Å². The Morgan fingerprint density at radius 1 is 0.714 bits per heavy atom. The second-order valence-electron chi connectivity index (χ2n) is 10.5. The molecule has 0 aromatic heterocycles. The Morgan fingerprint density at radius 2 is 1.20 bits per heavy atom. The molecule has 0 bridgehead atoms. The van der Waals surface area contributed by atoms with Crippen molar-refractivity contribution in [3.63, 3.8) is 0 Å². The zero-order chi connectivity index (χ0) is 27.6. The standard InChI is InChI=1S/C23H42N4O8/c1-13(2)11-15(19(30)33-10)26-18(29)16(12-24-20(31)34-22(4,5)6)27-17(28)14(3)25-21(32)35-23(7,8)9/h13-16H,11-12H2,1-10H3,(H,24,31)(H,25,32)(H,26,29)(H,27,28)/t14-,15-,16-/m0/s1. The first-order valence-electron chi connectivity index (χ1n) is 11.5. The van der Waals surface area contributed by atoms with Gasteiger partial charge in [-0.3, -0.25) is 9.59 Å². The molecule has 0 unspecified atom stereocenters. The second kappa shape index (κ2) is 13.7. The molecule has 12 nitrogen and oxygen atoms in total. The van der Waals surface area contributed by atoms with Crippen LogP contribution >= 0.6 is 0 Å². The van der Waals surface area contributed by atoms with E-state index in [9.17, 15) is 24.0 Å². The molecule has 202 valence electrons. The minimum Gasteiger partial charge on any atom is -0.467 e. The number of carbonyl (C=O) groups excluding carboxylic acids is 5. The fourth-order valence-electron chi connectivity index (χ4n) is 2.66. The third kappa shape index (κ3) is 14.7. The monoisotopic (exact) mass is 502 g/mol.